The molecule has 2 aromatic rings. The second-order valence-corrected chi connectivity index (χ2v) is 11.1. The molecule has 5 nitrogen and oxygen atoms in total. The number of halogens is 1. The molecule has 0 aliphatic rings. The van der Waals surface area contributed by atoms with Gasteiger partial charge in [-0.05, 0) is 94.0 Å². The lowest BCUT2D eigenvalue weighted by Gasteiger charge is -2.24. The molecule has 1 N–H and O–H groups in total. The van der Waals surface area contributed by atoms with Crippen LogP contribution in [0.15, 0.2) is 48.5 Å². The van der Waals surface area contributed by atoms with Crippen molar-refractivity contribution in [2.24, 2.45) is 0 Å². The smallest absolute Gasteiger partial charge is 0.251 e. The Hall–Kier alpha value is -2.24. The minimum absolute atomic E-state index is 0.0279. The normalized spacial score (nSPS) is 12.6. The van der Waals surface area contributed by atoms with E-state index in [1.165, 1.54) is 44.9 Å². The zero-order valence-electron chi connectivity index (χ0n) is 25.1. The summed E-state index contributed by atoms with van der Waals surface area (Å²) < 4.78 is 17.7. The molecule has 0 bridgehead atoms. The number of ether oxygens (including phenoxy) is 3. The molecule has 2 atom stereocenters. The summed E-state index contributed by atoms with van der Waals surface area (Å²) in [5.74, 6) is 1.57. The van der Waals surface area contributed by atoms with Gasteiger partial charge in [-0.2, -0.15) is 0 Å². The lowest BCUT2D eigenvalue weighted by molar-refractivity contribution is 0.0252. The van der Waals surface area contributed by atoms with Crippen molar-refractivity contribution in [2.75, 3.05) is 19.8 Å². The molecular formula is C34H52ClNO4. The molecule has 0 saturated carbocycles. The molecule has 224 valence electrons. The van der Waals surface area contributed by atoms with Crippen molar-refractivity contribution in [3.8, 4) is 11.5 Å². The molecule has 0 aliphatic carbocycles. The van der Waals surface area contributed by atoms with Crippen molar-refractivity contribution in [3.63, 3.8) is 0 Å². The summed E-state index contributed by atoms with van der Waals surface area (Å²) in [6.45, 7) is 8.52. The Morgan fingerprint density at radius 3 is 1.70 bits per heavy atom. The third-order valence-corrected chi connectivity index (χ3v) is 7.41. The van der Waals surface area contributed by atoms with Crippen LogP contribution in [0.2, 0.25) is 5.02 Å². The molecule has 0 radical (unpaired) electrons. The Bertz CT molecular complexity index is 903. The van der Waals surface area contributed by atoms with Gasteiger partial charge in [-0.3, -0.25) is 4.79 Å². The number of benzene rings is 2. The zero-order chi connectivity index (χ0) is 28.8. The fourth-order valence-corrected chi connectivity index (χ4v) is 4.77. The predicted octanol–water partition coefficient (Wildman–Crippen LogP) is 9.41. The van der Waals surface area contributed by atoms with Crippen molar-refractivity contribution < 1.29 is 19.0 Å². The highest BCUT2D eigenvalue weighted by molar-refractivity contribution is 6.30. The first-order valence-electron chi connectivity index (χ1n) is 15.6. The lowest BCUT2D eigenvalue weighted by Crippen LogP contribution is -2.42. The van der Waals surface area contributed by atoms with Gasteiger partial charge in [-0.25, -0.2) is 0 Å². The van der Waals surface area contributed by atoms with E-state index in [4.69, 9.17) is 25.8 Å². The molecule has 0 saturated heterocycles. The van der Waals surface area contributed by atoms with Crippen molar-refractivity contribution in [2.45, 2.75) is 116 Å². The van der Waals surface area contributed by atoms with E-state index in [1.54, 1.807) is 0 Å². The van der Waals surface area contributed by atoms with Crippen LogP contribution >= 0.6 is 11.6 Å². The average molecular weight is 574 g/mol. The number of nitrogens with one attached hydrogen (secondary N) is 1. The SMILES string of the molecule is CCCCCCCCCCOC(CC)C(C)NC(=O)c1ccc(OCCCCCCOc2ccc(Cl)cc2)cc1. The van der Waals surface area contributed by atoms with E-state index in [0.29, 0.717) is 18.8 Å². The highest BCUT2D eigenvalue weighted by Gasteiger charge is 2.19. The first-order chi connectivity index (χ1) is 19.5. The minimum Gasteiger partial charge on any atom is -0.494 e. The maximum Gasteiger partial charge on any atom is 0.251 e. The van der Waals surface area contributed by atoms with E-state index in [1.807, 2.05) is 55.5 Å². The van der Waals surface area contributed by atoms with Crippen LogP contribution in [0.4, 0.5) is 0 Å². The molecule has 0 aliphatic heterocycles. The summed E-state index contributed by atoms with van der Waals surface area (Å²) >= 11 is 5.89. The zero-order valence-corrected chi connectivity index (χ0v) is 25.9. The molecule has 0 spiro atoms. The standard InChI is InChI=1S/C34H52ClNO4/c1-4-6-7-8-9-10-11-16-27-40-33(5-2)28(3)36-34(37)29-17-21-31(22-18-29)38-25-14-12-13-15-26-39-32-23-19-30(35)20-24-32/h17-24,28,33H,4-16,25-27H2,1-3H3,(H,36,37). The minimum atomic E-state index is -0.0750. The number of hydrogen-bond acceptors (Lipinski definition) is 4. The summed E-state index contributed by atoms with van der Waals surface area (Å²) in [7, 11) is 0. The van der Waals surface area contributed by atoms with Crippen molar-refractivity contribution in [3.05, 3.63) is 59.1 Å². The molecule has 0 heterocycles. The van der Waals surface area contributed by atoms with Gasteiger partial charge in [0.1, 0.15) is 11.5 Å². The maximum atomic E-state index is 12.8. The van der Waals surface area contributed by atoms with Crippen LogP contribution in [0.25, 0.3) is 0 Å². The van der Waals surface area contributed by atoms with E-state index in [9.17, 15) is 4.79 Å². The van der Waals surface area contributed by atoms with Gasteiger partial charge < -0.3 is 19.5 Å². The third kappa shape index (κ3) is 14.9. The Morgan fingerprint density at radius 1 is 0.700 bits per heavy atom. The molecule has 1 amide bonds. The molecule has 40 heavy (non-hydrogen) atoms. The first-order valence-corrected chi connectivity index (χ1v) is 15.9. The summed E-state index contributed by atoms with van der Waals surface area (Å²) in [5.41, 5.74) is 0.637. The highest BCUT2D eigenvalue weighted by atomic mass is 35.5. The quantitative estimate of drug-likeness (QED) is 0.134. The second kappa shape index (κ2) is 21.5. The van der Waals surface area contributed by atoms with Gasteiger partial charge in [0.2, 0.25) is 0 Å². The summed E-state index contributed by atoms with van der Waals surface area (Å²) in [6, 6.07) is 14.8. The Kier molecular flexibility index (Phi) is 18.3. The van der Waals surface area contributed by atoms with E-state index < -0.39 is 0 Å². The molecule has 2 rings (SSSR count). The molecule has 2 unspecified atom stereocenters. The van der Waals surface area contributed by atoms with Crippen LogP contribution in [-0.2, 0) is 4.74 Å². The third-order valence-electron chi connectivity index (χ3n) is 7.15. The van der Waals surface area contributed by atoms with E-state index in [0.717, 1.165) is 61.7 Å². The number of unbranched alkanes of at least 4 members (excludes halogenated alkanes) is 10. The molecule has 2 aromatic carbocycles. The van der Waals surface area contributed by atoms with Crippen LogP contribution < -0.4 is 14.8 Å². The topological polar surface area (TPSA) is 56.8 Å². The predicted molar refractivity (Wildman–Crippen MR) is 167 cm³/mol. The van der Waals surface area contributed by atoms with Crippen LogP contribution in [0.1, 0.15) is 115 Å². The number of carbonyl (C=O) groups is 1. The monoisotopic (exact) mass is 573 g/mol. The Morgan fingerprint density at radius 2 is 1.18 bits per heavy atom. The van der Waals surface area contributed by atoms with E-state index in [2.05, 4.69) is 19.2 Å². The van der Waals surface area contributed by atoms with Crippen LogP contribution in [-0.4, -0.2) is 37.9 Å². The van der Waals surface area contributed by atoms with Crippen LogP contribution in [0, 0.1) is 0 Å². The second-order valence-electron chi connectivity index (χ2n) is 10.6. The fraction of sp³-hybridized carbons (Fsp3) is 0.618. The number of hydrogen-bond donors (Lipinski definition) is 1. The maximum absolute atomic E-state index is 12.8. The van der Waals surface area contributed by atoms with Gasteiger partial charge in [0.25, 0.3) is 5.91 Å². The number of amides is 1. The highest BCUT2D eigenvalue weighted by Crippen LogP contribution is 2.17. The number of carbonyl (C=O) groups excluding carboxylic acids is 1. The van der Waals surface area contributed by atoms with Crippen molar-refractivity contribution in [1.82, 2.24) is 5.32 Å². The summed E-state index contributed by atoms with van der Waals surface area (Å²) in [4.78, 5) is 12.8. The van der Waals surface area contributed by atoms with Crippen LogP contribution in [0.5, 0.6) is 11.5 Å². The first kappa shape index (κ1) is 34.0. The van der Waals surface area contributed by atoms with Crippen molar-refractivity contribution >= 4 is 17.5 Å². The van der Waals surface area contributed by atoms with Gasteiger partial charge in [-0.1, -0.05) is 70.4 Å². The fourth-order valence-electron chi connectivity index (χ4n) is 4.64. The Labute approximate surface area is 248 Å². The van der Waals surface area contributed by atoms with Crippen LogP contribution in [0.3, 0.4) is 0 Å². The van der Waals surface area contributed by atoms with E-state index in [-0.39, 0.29) is 18.1 Å². The lowest BCUT2D eigenvalue weighted by atomic mass is 10.1. The van der Waals surface area contributed by atoms with E-state index >= 15 is 0 Å². The molecular weight excluding hydrogens is 522 g/mol. The average Bonchev–Trinajstić information content (AvgIpc) is 2.96. The number of rotatable bonds is 23. The van der Waals surface area contributed by atoms with Crippen molar-refractivity contribution in [1.29, 1.82) is 0 Å². The largest absolute Gasteiger partial charge is 0.494 e. The van der Waals surface area contributed by atoms with Gasteiger partial charge in [0.05, 0.1) is 25.4 Å². The molecule has 0 aromatic heterocycles. The molecule has 0 fully saturated rings. The van der Waals surface area contributed by atoms with Gasteiger partial charge in [-0.15, -0.1) is 0 Å². The van der Waals surface area contributed by atoms with Gasteiger partial charge >= 0.3 is 0 Å². The van der Waals surface area contributed by atoms with Gasteiger partial charge in [0, 0.05) is 17.2 Å². The summed E-state index contributed by atoms with van der Waals surface area (Å²) in [6.07, 6.45) is 15.4. The molecule has 6 heteroatoms. The van der Waals surface area contributed by atoms with Gasteiger partial charge in [0.15, 0.2) is 0 Å². The Balaban J connectivity index is 1.55. The summed E-state index contributed by atoms with van der Waals surface area (Å²) in [5, 5.41) is 3.83.